The summed E-state index contributed by atoms with van der Waals surface area (Å²) in [5.74, 6) is 0.712. The molecule has 0 radical (unpaired) electrons. The third-order valence-corrected chi connectivity index (χ3v) is 6.58. The number of anilines is 1. The van der Waals surface area contributed by atoms with Crippen molar-refractivity contribution in [1.29, 1.82) is 0 Å². The lowest BCUT2D eigenvalue weighted by Crippen LogP contribution is -2.59. The molecule has 1 atom stereocenters. The van der Waals surface area contributed by atoms with Crippen LogP contribution >= 0.6 is 0 Å². The first-order valence-corrected chi connectivity index (χ1v) is 10.4. The van der Waals surface area contributed by atoms with Crippen molar-refractivity contribution >= 4 is 17.5 Å². The highest BCUT2D eigenvalue weighted by atomic mass is 19.1. The first kappa shape index (κ1) is 20.2. The van der Waals surface area contributed by atoms with E-state index in [1.54, 1.807) is 24.3 Å². The fraction of sp³-hybridized carbons (Fsp3) is 0.231. The second kappa shape index (κ2) is 7.19. The van der Waals surface area contributed by atoms with Crippen LogP contribution in [0.25, 0.3) is 6.08 Å². The summed E-state index contributed by atoms with van der Waals surface area (Å²) in [6, 6.07) is 18.2. The van der Waals surface area contributed by atoms with Gasteiger partial charge in [-0.15, -0.1) is 4.91 Å². The molecule has 1 spiro atoms. The first-order chi connectivity index (χ1) is 15.4. The minimum absolute atomic E-state index is 0.229. The maximum absolute atomic E-state index is 13.5. The average molecular weight is 430 g/mol. The summed E-state index contributed by atoms with van der Waals surface area (Å²) in [5, 5.41) is 3.07. The number of hydrogen-bond acceptors (Lipinski definition) is 5. The van der Waals surface area contributed by atoms with Gasteiger partial charge in [-0.2, -0.15) is 0 Å². The van der Waals surface area contributed by atoms with Crippen LogP contribution in [0.5, 0.6) is 11.5 Å². The molecule has 32 heavy (non-hydrogen) atoms. The molecule has 3 aromatic carbocycles. The molecule has 3 aromatic rings. The fourth-order valence-electron chi connectivity index (χ4n) is 4.83. The van der Waals surface area contributed by atoms with Crippen molar-refractivity contribution in [3.8, 4) is 11.5 Å². The zero-order valence-corrected chi connectivity index (χ0v) is 18.1. The van der Waals surface area contributed by atoms with Gasteiger partial charge in [0.15, 0.2) is 11.4 Å². The summed E-state index contributed by atoms with van der Waals surface area (Å²) in [6.07, 6.45) is 4.01. The Labute approximate surface area is 186 Å². The number of nitroso groups, excluding NO2 is 1. The topological polar surface area (TPSA) is 51.1 Å². The van der Waals surface area contributed by atoms with Gasteiger partial charge in [-0.25, -0.2) is 4.39 Å². The highest BCUT2D eigenvalue weighted by Gasteiger charge is 2.58. The van der Waals surface area contributed by atoms with Gasteiger partial charge in [0, 0.05) is 23.9 Å². The molecular weight excluding hydrogens is 407 g/mol. The Hall–Kier alpha value is -3.67. The zero-order chi connectivity index (χ0) is 22.5. The van der Waals surface area contributed by atoms with E-state index in [-0.39, 0.29) is 11.5 Å². The van der Waals surface area contributed by atoms with Crippen molar-refractivity contribution in [3.63, 3.8) is 0 Å². The van der Waals surface area contributed by atoms with Crippen LogP contribution in [-0.4, -0.2) is 12.8 Å². The molecule has 0 aliphatic carbocycles. The molecule has 1 unspecified atom stereocenters. The van der Waals surface area contributed by atoms with E-state index in [2.05, 4.69) is 36.1 Å². The number of benzene rings is 3. The molecule has 2 aliphatic rings. The molecule has 0 aromatic heterocycles. The van der Waals surface area contributed by atoms with E-state index in [1.807, 2.05) is 24.3 Å². The standard InChI is InChI=1S/C26H23FN2O3/c1-25(2)20-6-4-5-7-22(20)29(16-17-8-10-19(27)11-9-17)26(25)13-12-18-14-21(28-30)24(31-3)15-23(18)32-26/h4-15H,16H2,1-3H3. The summed E-state index contributed by atoms with van der Waals surface area (Å²) in [7, 11) is 1.50. The lowest BCUT2D eigenvalue weighted by molar-refractivity contribution is 0.0519. The van der Waals surface area contributed by atoms with Crippen LogP contribution in [0.1, 0.15) is 30.5 Å². The van der Waals surface area contributed by atoms with E-state index < -0.39 is 11.1 Å². The Morgan fingerprint density at radius 1 is 1.09 bits per heavy atom. The van der Waals surface area contributed by atoms with Gasteiger partial charge in [0.05, 0.1) is 12.5 Å². The fourth-order valence-corrected chi connectivity index (χ4v) is 4.83. The Kier molecular flexibility index (Phi) is 4.55. The third kappa shape index (κ3) is 2.83. The Morgan fingerprint density at radius 2 is 1.84 bits per heavy atom. The monoisotopic (exact) mass is 430 g/mol. The van der Waals surface area contributed by atoms with Crippen LogP contribution in [0.4, 0.5) is 15.8 Å². The highest BCUT2D eigenvalue weighted by Crippen LogP contribution is 2.56. The molecule has 0 fully saturated rings. The third-order valence-electron chi connectivity index (χ3n) is 6.58. The SMILES string of the molecule is COc1cc2c(cc1N=O)C=CC1(O2)N(Cc2ccc(F)cc2)c2ccccc2C1(C)C. The summed E-state index contributed by atoms with van der Waals surface area (Å²) in [6.45, 7) is 4.85. The van der Waals surface area contributed by atoms with Crippen molar-refractivity contribution in [1.82, 2.24) is 0 Å². The van der Waals surface area contributed by atoms with E-state index in [9.17, 15) is 9.30 Å². The molecule has 2 heterocycles. The molecule has 0 bridgehead atoms. The van der Waals surface area contributed by atoms with E-state index in [1.165, 1.54) is 19.2 Å². The summed E-state index contributed by atoms with van der Waals surface area (Å²) < 4.78 is 25.6. The van der Waals surface area contributed by atoms with E-state index in [4.69, 9.17) is 9.47 Å². The first-order valence-electron chi connectivity index (χ1n) is 10.4. The van der Waals surface area contributed by atoms with Gasteiger partial charge >= 0.3 is 0 Å². The number of fused-ring (bicyclic) bond motifs is 2. The average Bonchev–Trinajstić information content (AvgIpc) is 2.98. The summed E-state index contributed by atoms with van der Waals surface area (Å²) >= 11 is 0. The minimum atomic E-state index is -0.834. The smallest absolute Gasteiger partial charge is 0.212 e. The Morgan fingerprint density at radius 3 is 2.56 bits per heavy atom. The van der Waals surface area contributed by atoms with Crippen LogP contribution in [-0.2, 0) is 12.0 Å². The number of halogens is 1. The van der Waals surface area contributed by atoms with Gasteiger partial charge in [-0.05, 0) is 66.6 Å². The molecular formula is C26H23FN2O3. The molecule has 0 N–H and O–H groups in total. The van der Waals surface area contributed by atoms with Crippen molar-refractivity contribution < 1.29 is 13.9 Å². The van der Waals surface area contributed by atoms with Gasteiger partial charge in [-0.3, -0.25) is 0 Å². The minimum Gasteiger partial charge on any atom is -0.494 e. The van der Waals surface area contributed by atoms with Crippen LogP contribution in [0.15, 0.2) is 71.9 Å². The number of para-hydroxylation sites is 1. The van der Waals surface area contributed by atoms with Gasteiger partial charge in [0.1, 0.15) is 11.6 Å². The molecule has 5 nitrogen and oxygen atoms in total. The predicted molar refractivity (Wildman–Crippen MR) is 123 cm³/mol. The summed E-state index contributed by atoms with van der Waals surface area (Å²) in [4.78, 5) is 13.4. The zero-order valence-electron chi connectivity index (χ0n) is 18.1. The number of nitrogens with zero attached hydrogens (tertiary/aromatic N) is 2. The number of hydrogen-bond donors (Lipinski definition) is 0. The van der Waals surface area contributed by atoms with Gasteiger partial charge < -0.3 is 14.4 Å². The van der Waals surface area contributed by atoms with E-state index in [0.717, 1.165) is 22.4 Å². The maximum atomic E-state index is 13.5. The lowest BCUT2D eigenvalue weighted by atomic mass is 9.76. The molecule has 0 saturated heterocycles. The molecule has 2 aliphatic heterocycles. The van der Waals surface area contributed by atoms with Crippen LogP contribution in [0, 0.1) is 10.7 Å². The van der Waals surface area contributed by atoms with Crippen LogP contribution < -0.4 is 14.4 Å². The van der Waals surface area contributed by atoms with Crippen molar-refractivity contribution in [2.45, 2.75) is 31.5 Å². The van der Waals surface area contributed by atoms with Crippen molar-refractivity contribution in [2.24, 2.45) is 5.18 Å². The Balaban J connectivity index is 1.66. The van der Waals surface area contributed by atoms with Gasteiger partial charge in [0.2, 0.25) is 5.72 Å². The molecule has 0 saturated carbocycles. The van der Waals surface area contributed by atoms with E-state index >= 15 is 0 Å². The van der Waals surface area contributed by atoms with Gasteiger partial charge in [-0.1, -0.05) is 30.3 Å². The van der Waals surface area contributed by atoms with Crippen LogP contribution in [0.3, 0.4) is 0 Å². The van der Waals surface area contributed by atoms with Crippen molar-refractivity contribution in [2.75, 3.05) is 12.0 Å². The molecule has 0 amide bonds. The number of ether oxygens (including phenoxy) is 2. The van der Waals surface area contributed by atoms with Gasteiger partial charge in [0.25, 0.3) is 0 Å². The maximum Gasteiger partial charge on any atom is 0.212 e. The number of methoxy groups -OCH3 is 1. The quantitative estimate of drug-likeness (QED) is 0.454. The predicted octanol–water partition coefficient (Wildman–Crippen LogP) is 6.33. The highest BCUT2D eigenvalue weighted by molar-refractivity contribution is 5.75. The second-order valence-corrected chi connectivity index (χ2v) is 8.64. The Bertz CT molecular complexity index is 1240. The second-order valence-electron chi connectivity index (χ2n) is 8.64. The van der Waals surface area contributed by atoms with Crippen LogP contribution in [0.2, 0.25) is 0 Å². The van der Waals surface area contributed by atoms with Crippen molar-refractivity contribution in [3.05, 3.63) is 94.2 Å². The largest absolute Gasteiger partial charge is 0.494 e. The molecule has 6 heteroatoms. The molecule has 162 valence electrons. The number of rotatable bonds is 4. The normalized spacial score (nSPS) is 19.9. The summed E-state index contributed by atoms with van der Waals surface area (Å²) in [5.41, 5.74) is 2.94. The van der Waals surface area contributed by atoms with E-state index in [0.29, 0.717) is 18.0 Å². The molecule has 5 rings (SSSR count). The lowest BCUT2D eigenvalue weighted by Gasteiger charge is -2.47.